The number of carbonyl (C=O) groups is 1. The third-order valence-corrected chi connectivity index (χ3v) is 5.72. The van der Waals surface area contributed by atoms with E-state index in [0.717, 1.165) is 12.8 Å². The van der Waals surface area contributed by atoms with E-state index in [1.54, 1.807) is 6.92 Å². The molecule has 1 aromatic rings. The zero-order valence-electron chi connectivity index (χ0n) is 20.1. The summed E-state index contributed by atoms with van der Waals surface area (Å²) in [5.41, 5.74) is 0.452. The molecule has 0 spiro atoms. The van der Waals surface area contributed by atoms with Crippen molar-refractivity contribution in [1.29, 1.82) is 0 Å². The molecule has 1 rings (SSSR count). The average molecular weight is 452 g/mol. The molecule has 0 aromatic carbocycles. The highest BCUT2D eigenvalue weighted by atomic mass is 35.5. The maximum atomic E-state index is 12.0. The van der Waals surface area contributed by atoms with Gasteiger partial charge in [0.2, 0.25) is 0 Å². The lowest BCUT2D eigenvalue weighted by Crippen LogP contribution is -3.00. The number of hydrogen-bond donors (Lipinski definition) is 0. The summed E-state index contributed by atoms with van der Waals surface area (Å²) in [5, 5.41) is 0. The monoisotopic (exact) mass is 451 g/mol. The van der Waals surface area contributed by atoms with Gasteiger partial charge >= 0.3 is 12.2 Å². The van der Waals surface area contributed by atoms with Crippen molar-refractivity contribution < 1.29 is 26.5 Å². The number of hydrogen-bond acceptors (Lipinski definition) is 2. The molecular formula is C27H46ClNO2. The van der Waals surface area contributed by atoms with Gasteiger partial charge in [-0.1, -0.05) is 109 Å². The Hall–Kier alpha value is -1.35. The maximum absolute atomic E-state index is 12.0. The molecule has 1 aromatic heterocycles. The lowest BCUT2D eigenvalue weighted by Gasteiger charge is -2.13. The zero-order valence-corrected chi connectivity index (χ0v) is 20.9. The van der Waals surface area contributed by atoms with Crippen LogP contribution in [0.3, 0.4) is 0 Å². The number of carbonyl (C=O) groups excluding carboxylic acids is 1. The second kappa shape index (κ2) is 20.5. The van der Waals surface area contributed by atoms with Crippen LogP contribution in [0.15, 0.2) is 42.7 Å². The Morgan fingerprint density at radius 3 is 1.61 bits per heavy atom. The summed E-state index contributed by atoms with van der Waals surface area (Å²) in [6.07, 6.45) is 24.9. The Morgan fingerprint density at radius 2 is 1.19 bits per heavy atom. The van der Waals surface area contributed by atoms with Crippen LogP contribution in [-0.4, -0.2) is 5.97 Å². The van der Waals surface area contributed by atoms with Crippen molar-refractivity contribution >= 4 is 5.97 Å². The van der Waals surface area contributed by atoms with Crippen molar-refractivity contribution in [3.63, 3.8) is 0 Å². The van der Waals surface area contributed by atoms with Gasteiger partial charge in [-0.2, -0.15) is 4.57 Å². The Kier molecular flexibility index (Phi) is 19.7. The molecule has 0 aliphatic carbocycles. The second-order valence-electron chi connectivity index (χ2n) is 8.70. The fourth-order valence-corrected chi connectivity index (χ4v) is 3.79. The van der Waals surface area contributed by atoms with E-state index >= 15 is 0 Å². The van der Waals surface area contributed by atoms with Crippen LogP contribution in [0.4, 0.5) is 0 Å². The van der Waals surface area contributed by atoms with Gasteiger partial charge in [-0.15, -0.1) is 0 Å². The van der Waals surface area contributed by atoms with Gasteiger partial charge in [0.05, 0.1) is 0 Å². The van der Waals surface area contributed by atoms with E-state index in [2.05, 4.69) is 13.5 Å². The SMILES string of the molecule is C=C(C)C(=O)OC(CCCCCCCCCCCCCCCCC)[n+]1ccccc1.[Cl-]. The highest BCUT2D eigenvalue weighted by molar-refractivity contribution is 5.86. The number of aromatic nitrogens is 1. The largest absolute Gasteiger partial charge is 1.00 e. The molecule has 1 unspecified atom stereocenters. The van der Waals surface area contributed by atoms with Crippen LogP contribution >= 0.6 is 0 Å². The molecule has 0 N–H and O–H groups in total. The first kappa shape index (κ1) is 29.7. The van der Waals surface area contributed by atoms with E-state index in [0.29, 0.717) is 5.57 Å². The smallest absolute Gasteiger partial charge is 0.338 e. The Morgan fingerprint density at radius 1 is 0.774 bits per heavy atom. The molecular weight excluding hydrogens is 406 g/mol. The average Bonchev–Trinajstić information content (AvgIpc) is 2.76. The lowest BCUT2D eigenvalue weighted by molar-refractivity contribution is -0.757. The van der Waals surface area contributed by atoms with Crippen molar-refractivity contribution in [1.82, 2.24) is 0 Å². The Labute approximate surface area is 198 Å². The standard InChI is InChI=1S/C27H46NO2.ClH/c1-4-5-6-7-8-9-10-11-12-13-14-15-16-17-19-22-26(30-27(29)25(2)3)28-23-20-18-21-24-28;/h18,20-21,23-24,26H,2,4-17,19,22H2,1,3H3;1H/q+1;/p-1. The first-order chi connectivity index (χ1) is 14.6. The number of halogens is 1. The van der Waals surface area contributed by atoms with Crippen molar-refractivity contribution in [3.05, 3.63) is 42.7 Å². The fraction of sp³-hybridized carbons (Fsp3) is 0.704. The number of nitrogens with zero attached hydrogens (tertiary/aromatic N) is 1. The van der Waals surface area contributed by atoms with Crippen LogP contribution in [0.2, 0.25) is 0 Å². The molecule has 1 atom stereocenters. The van der Waals surface area contributed by atoms with Gasteiger partial charge in [-0.3, -0.25) is 0 Å². The van der Waals surface area contributed by atoms with Gasteiger partial charge < -0.3 is 17.1 Å². The van der Waals surface area contributed by atoms with Gasteiger partial charge in [0.15, 0.2) is 12.4 Å². The summed E-state index contributed by atoms with van der Waals surface area (Å²) in [4.78, 5) is 12.0. The summed E-state index contributed by atoms with van der Waals surface area (Å²) in [7, 11) is 0. The van der Waals surface area contributed by atoms with Gasteiger partial charge in [0.1, 0.15) is 0 Å². The molecule has 31 heavy (non-hydrogen) atoms. The van der Waals surface area contributed by atoms with E-state index in [-0.39, 0.29) is 24.6 Å². The maximum Gasteiger partial charge on any atom is 0.338 e. The molecule has 0 amide bonds. The van der Waals surface area contributed by atoms with Crippen molar-refractivity contribution in [2.75, 3.05) is 0 Å². The predicted octanol–water partition coefficient (Wildman–Crippen LogP) is 4.86. The normalized spacial score (nSPS) is 11.5. The molecule has 0 aliphatic rings. The van der Waals surface area contributed by atoms with Crippen molar-refractivity contribution in [2.45, 2.75) is 123 Å². The third kappa shape index (κ3) is 16.0. The quantitative estimate of drug-likeness (QED) is 0.130. The number of unbranched alkanes of at least 4 members (excludes halogenated alkanes) is 14. The van der Waals surface area contributed by atoms with E-state index in [9.17, 15) is 4.79 Å². The van der Waals surface area contributed by atoms with Gasteiger partial charge in [-0.05, 0) is 13.3 Å². The van der Waals surface area contributed by atoms with Gasteiger partial charge in [-0.25, -0.2) is 4.79 Å². The second-order valence-corrected chi connectivity index (χ2v) is 8.70. The Bertz CT molecular complexity index is 562. The molecule has 0 saturated heterocycles. The molecule has 4 heteroatoms. The van der Waals surface area contributed by atoms with E-state index < -0.39 is 0 Å². The predicted molar refractivity (Wildman–Crippen MR) is 126 cm³/mol. The van der Waals surface area contributed by atoms with E-state index in [1.807, 2.05) is 35.2 Å². The van der Waals surface area contributed by atoms with E-state index in [4.69, 9.17) is 4.74 Å². The Balaban J connectivity index is 0.00000900. The van der Waals surface area contributed by atoms with Gasteiger partial charge in [0.25, 0.3) is 0 Å². The summed E-state index contributed by atoms with van der Waals surface area (Å²) in [6, 6.07) is 5.91. The van der Waals surface area contributed by atoms with Crippen LogP contribution < -0.4 is 17.0 Å². The minimum Gasteiger partial charge on any atom is -1.00 e. The summed E-state index contributed by atoms with van der Waals surface area (Å²) in [6.45, 7) is 7.67. The molecule has 0 saturated carbocycles. The van der Waals surface area contributed by atoms with Crippen LogP contribution in [0, 0.1) is 0 Å². The summed E-state index contributed by atoms with van der Waals surface area (Å²) < 4.78 is 7.62. The molecule has 0 bridgehead atoms. The summed E-state index contributed by atoms with van der Waals surface area (Å²) in [5.74, 6) is -0.308. The van der Waals surface area contributed by atoms with Crippen LogP contribution in [0.25, 0.3) is 0 Å². The fourth-order valence-electron chi connectivity index (χ4n) is 3.79. The molecule has 0 radical (unpaired) electrons. The van der Waals surface area contributed by atoms with E-state index in [1.165, 1.54) is 89.9 Å². The van der Waals surface area contributed by atoms with Crippen molar-refractivity contribution in [3.8, 4) is 0 Å². The number of ether oxygens (including phenoxy) is 1. The zero-order chi connectivity index (χ0) is 21.9. The number of esters is 1. The molecule has 1 heterocycles. The number of pyridine rings is 1. The first-order valence-corrected chi connectivity index (χ1v) is 12.5. The minimum atomic E-state index is -0.308. The van der Waals surface area contributed by atoms with Crippen molar-refractivity contribution in [2.24, 2.45) is 0 Å². The number of rotatable bonds is 19. The molecule has 0 aliphatic heterocycles. The highest BCUT2D eigenvalue weighted by Gasteiger charge is 2.22. The lowest BCUT2D eigenvalue weighted by atomic mass is 10.0. The minimum absolute atomic E-state index is 0. The first-order valence-electron chi connectivity index (χ1n) is 12.5. The highest BCUT2D eigenvalue weighted by Crippen LogP contribution is 2.16. The third-order valence-electron chi connectivity index (χ3n) is 5.72. The topological polar surface area (TPSA) is 30.2 Å². The van der Waals surface area contributed by atoms with Crippen LogP contribution in [-0.2, 0) is 9.53 Å². The summed E-state index contributed by atoms with van der Waals surface area (Å²) >= 11 is 0. The van der Waals surface area contributed by atoms with Crippen LogP contribution in [0.5, 0.6) is 0 Å². The molecule has 0 fully saturated rings. The molecule has 3 nitrogen and oxygen atoms in total. The van der Waals surface area contributed by atoms with Gasteiger partial charge in [0, 0.05) is 24.1 Å². The molecule has 178 valence electrons. The van der Waals surface area contributed by atoms with Crippen LogP contribution in [0.1, 0.15) is 123 Å².